The van der Waals surface area contributed by atoms with Crippen LogP contribution in [0.5, 0.6) is 11.5 Å². The van der Waals surface area contributed by atoms with Crippen molar-refractivity contribution in [3.63, 3.8) is 0 Å². The highest BCUT2D eigenvalue weighted by Crippen LogP contribution is 2.33. The quantitative estimate of drug-likeness (QED) is 0.0181. The number of nitrogens with one attached hydrogen (secondary N) is 2. The largest absolute Gasteiger partial charge is 0.494 e. The predicted molar refractivity (Wildman–Crippen MR) is 281 cm³/mol. The number of fused-ring (bicyclic) bond motifs is 2. The summed E-state index contributed by atoms with van der Waals surface area (Å²) in [6.45, 7) is 7.69. The Bertz CT molecular complexity index is 3190. The highest BCUT2D eigenvalue weighted by Gasteiger charge is 2.39. The summed E-state index contributed by atoms with van der Waals surface area (Å²) in [5.41, 5.74) is 19.5. The second-order valence-corrected chi connectivity index (χ2v) is 18.6. The highest BCUT2D eigenvalue weighted by atomic mass is 32.2. The molecule has 0 aliphatic carbocycles. The van der Waals surface area contributed by atoms with Gasteiger partial charge in [-0.05, 0) is 70.5 Å². The summed E-state index contributed by atoms with van der Waals surface area (Å²) in [4.78, 5) is 118. The number of aliphatic carboxylic acids is 1. The number of carbonyl (C=O) groups is 8. The van der Waals surface area contributed by atoms with E-state index in [1.54, 1.807) is 55.2 Å². The van der Waals surface area contributed by atoms with Crippen LogP contribution in [0.4, 0.5) is 11.9 Å². The summed E-state index contributed by atoms with van der Waals surface area (Å²) < 4.78 is 16.7. The van der Waals surface area contributed by atoms with E-state index in [-0.39, 0.29) is 127 Å². The van der Waals surface area contributed by atoms with Crippen LogP contribution in [0.1, 0.15) is 76.9 Å². The molecular weight excluding hydrogens is 1010 g/mol. The van der Waals surface area contributed by atoms with Crippen molar-refractivity contribution >= 4 is 98.8 Å². The van der Waals surface area contributed by atoms with Gasteiger partial charge >= 0.3 is 11.9 Å². The summed E-state index contributed by atoms with van der Waals surface area (Å²) in [6, 6.07) is 6.01. The van der Waals surface area contributed by atoms with Crippen LogP contribution >= 0.6 is 11.8 Å². The number of thioether (sulfide) groups is 1. The van der Waals surface area contributed by atoms with E-state index in [1.807, 2.05) is 6.92 Å². The minimum Gasteiger partial charge on any atom is -0.494 e. The molecular formula is C49H60N14O12S. The van der Waals surface area contributed by atoms with Gasteiger partial charge in [-0.25, -0.2) is 14.8 Å². The van der Waals surface area contributed by atoms with Crippen molar-refractivity contribution in [3.05, 3.63) is 76.8 Å². The average molecular weight is 1070 g/mol. The number of nitrogens with zero attached hydrogens (tertiary/aromatic N) is 9. The number of imide groups is 1. The number of aryl methyl sites for hydroxylation is 2. The standard InChI is InChI=1S/C49H60N14O12S/c1-7-53-33(18-26(3)50)43(67)56-48-55-32-21-29(46(70)71)23-35(74-6)40(32)61(48)14-9-10-15-62-41-31(54-49(62)57-44(68)34-19-27(4)58-63(34)8-2)20-28(42(52)66)22-36(41)75-17-11-13-59(5)38(64)12-16-60-39(65)24-37(45(60)69)76-25-30(51)47(72)73/h9-10,18-23,30,37H,7-8,11-17,24-25,50-51H2,1-6H3,(H2,52,66)(H,70,71)(H,72,73)(H,54,57,68)(H,55,56,67)/b10-9+,26-18-,53-33?. The van der Waals surface area contributed by atoms with E-state index < -0.39 is 52.8 Å². The van der Waals surface area contributed by atoms with Gasteiger partial charge in [-0.15, -0.1) is 11.8 Å². The summed E-state index contributed by atoms with van der Waals surface area (Å²) >= 11 is 0.986. The Morgan fingerprint density at radius 2 is 1.58 bits per heavy atom. The third-order valence-corrected chi connectivity index (χ3v) is 13.1. The number of aliphatic imine (C=N–C) groups is 1. The number of carboxylic acids is 2. The molecule has 1 aliphatic heterocycles. The van der Waals surface area contributed by atoms with Crippen LogP contribution in [-0.2, 0) is 43.6 Å². The lowest BCUT2D eigenvalue weighted by molar-refractivity contribution is -0.140. The molecule has 404 valence electrons. The van der Waals surface area contributed by atoms with E-state index in [1.165, 1.54) is 47.0 Å². The second kappa shape index (κ2) is 25.1. The van der Waals surface area contributed by atoms with E-state index >= 15 is 0 Å². The molecule has 3 aromatic heterocycles. The smallest absolute Gasteiger partial charge is 0.335 e. The zero-order chi connectivity index (χ0) is 55.5. The Labute approximate surface area is 439 Å². The first-order valence-corrected chi connectivity index (χ1v) is 25.0. The first-order valence-electron chi connectivity index (χ1n) is 23.9. The number of benzene rings is 2. The molecule has 27 heteroatoms. The highest BCUT2D eigenvalue weighted by molar-refractivity contribution is 8.00. The monoisotopic (exact) mass is 1070 g/mol. The van der Waals surface area contributed by atoms with Crippen LogP contribution in [0.3, 0.4) is 0 Å². The number of hydrogen-bond acceptors (Lipinski definition) is 17. The number of carboxylic acid groups (broad SMARTS) is 2. The van der Waals surface area contributed by atoms with Crippen molar-refractivity contribution in [2.75, 3.05) is 56.8 Å². The van der Waals surface area contributed by atoms with E-state index in [0.29, 0.717) is 29.0 Å². The van der Waals surface area contributed by atoms with Crippen molar-refractivity contribution in [3.8, 4) is 11.5 Å². The number of hydrogen-bond donors (Lipinski definition) is 7. The lowest BCUT2D eigenvalue weighted by Crippen LogP contribution is -2.37. The third kappa shape index (κ3) is 13.4. The zero-order valence-electron chi connectivity index (χ0n) is 42.7. The number of rotatable bonds is 26. The number of aromatic nitrogens is 6. The van der Waals surface area contributed by atoms with E-state index in [4.69, 9.17) is 36.8 Å². The number of nitrogens with two attached hydrogens (primary N) is 3. The minimum absolute atomic E-state index is 0.00599. The number of ether oxygens (including phenoxy) is 2. The SMILES string of the molecule is CCN=C(/C=C(/C)N)C(=O)Nc1nc2cc(C(=O)O)cc(OC)c2n1C/C=C/Cn1c(NC(=O)c2cc(C)nn2CC)nc2cc(C(N)=O)cc(OCCCN(C)C(=O)CCN3C(=O)CC(SCC(N)C(=O)O)C3=O)c21. The third-order valence-electron chi connectivity index (χ3n) is 11.8. The summed E-state index contributed by atoms with van der Waals surface area (Å²) in [5.74, 6) is -5.38. The Morgan fingerprint density at radius 3 is 2.17 bits per heavy atom. The van der Waals surface area contributed by atoms with Gasteiger partial charge in [0, 0.05) is 76.2 Å². The number of likely N-dealkylation sites (tertiary alicyclic amines) is 1. The first-order chi connectivity index (χ1) is 36.1. The lowest BCUT2D eigenvalue weighted by atomic mass is 10.1. The second-order valence-electron chi connectivity index (χ2n) is 17.4. The zero-order valence-corrected chi connectivity index (χ0v) is 43.5. The molecule has 2 unspecified atom stereocenters. The number of anilines is 2. The Balaban J connectivity index is 1.27. The normalized spacial score (nSPS) is 14.5. The molecule has 0 saturated carbocycles. The maximum Gasteiger partial charge on any atom is 0.335 e. The van der Waals surface area contributed by atoms with Gasteiger partial charge in [-0.3, -0.25) is 58.8 Å². The number of primary amides is 1. The lowest BCUT2D eigenvalue weighted by Gasteiger charge is -2.20. The van der Waals surface area contributed by atoms with E-state index in [2.05, 4.69) is 25.7 Å². The molecule has 2 aromatic carbocycles. The molecule has 5 aromatic rings. The number of carbonyl (C=O) groups excluding carboxylic acids is 6. The van der Waals surface area contributed by atoms with Gasteiger partial charge in [-0.2, -0.15) is 5.10 Å². The van der Waals surface area contributed by atoms with Crippen LogP contribution in [0, 0.1) is 6.92 Å². The minimum atomic E-state index is -1.23. The summed E-state index contributed by atoms with van der Waals surface area (Å²) in [6.07, 6.45) is 4.87. The van der Waals surface area contributed by atoms with Crippen molar-refractivity contribution in [1.82, 2.24) is 38.7 Å². The topological polar surface area (TPSA) is 370 Å². The van der Waals surface area contributed by atoms with Crippen molar-refractivity contribution in [2.45, 2.75) is 77.9 Å². The van der Waals surface area contributed by atoms with Crippen LogP contribution in [0.15, 0.2) is 59.2 Å². The molecule has 2 atom stereocenters. The van der Waals surface area contributed by atoms with Crippen LogP contribution in [0.25, 0.3) is 22.1 Å². The van der Waals surface area contributed by atoms with Gasteiger partial charge in [-0.1, -0.05) is 12.2 Å². The summed E-state index contributed by atoms with van der Waals surface area (Å²) in [7, 11) is 2.93. The van der Waals surface area contributed by atoms with Crippen LogP contribution < -0.4 is 37.3 Å². The van der Waals surface area contributed by atoms with E-state index in [0.717, 1.165) is 16.7 Å². The fourth-order valence-corrected chi connectivity index (χ4v) is 9.20. The Hall–Kier alpha value is -8.59. The van der Waals surface area contributed by atoms with Crippen molar-refractivity contribution in [1.29, 1.82) is 0 Å². The molecule has 0 bridgehead atoms. The van der Waals surface area contributed by atoms with Gasteiger partial charge in [0.1, 0.15) is 40.0 Å². The van der Waals surface area contributed by atoms with Crippen molar-refractivity contribution in [2.24, 2.45) is 22.2 Å². The van der Waals surface area contributed by atoms with Gasteiger partial charge in [0.15, 0.2) is 0 Å². The fourth-order valence-electron chi connectivity index (χ4n) is 8.08. The summed E-state index contributed by atoms with van der Waals surface area (Å²) in [5, 5.41) is 28.2. The molecule has 0 spiro atoms. The molecule has 76 heavy (non-hydrogen) atoms. The molecule has 6 rings (SSSR count). The van der Waals surface area contributed by atoms with Gasteiger partial charge in [0.25, 0.3) is 11.8 Å². The number of methoxy groups -OCH3 is 1. The van der Waals surface area contributed by atoms with E-state index in [9.17, 15) is 43.5 Å². The number of aromatic carboxylic acids is 1. The molecule has 4 heterocycles. The average Bonchev–Trinajstić information content (AvgIpc) is 4.11. The number of imidazole rings is 2. The molecule has 10 N–H and O–H groups in total. The predicted octanol–water partition coefficient (Wildman–Crippen LogP) is 2.38. The fraction of sp³-hybridized carbons (Fsp3) is 0.388. The Morgan fingerprint density at radius 1 is 0.947 bits per heavy atom. The molecule has 0 radical (unpaired) electrons. The molecule has 1 saturated heterocycles. The van der Waals surface area contributed by atoms with Gasteiger partial charge in [0.2, 0.25) is 35.5 Å². The van der Waals surface area contributed by atoms with Crippen LogP contribution in [0.2, 0.25) is 0 Å². The molecule has 1 aliphatic rings. The first kappa shape index (κ1) is 56.7. The maximum absolute atomic E-state index is 13.9. The number of amides is 6. The molecule has 1 fully saturated rings. The number of allylic oxidation sites excluding steroid dienone is 3. The molecule has 26 nitrogen and oxygen atoms in total. The van der Waals surface area contributed by atoms with Gasteiger partial charge in [0.05, 0.1) is 41.3 Å². The Kier molecular flexibility index (Phi) is 18.7. The molecule has 6 amide bonds. The van der Waals surface area contributed by atoms with Gasteiger partial charge < -0.3 is 50.9 Å². The van der Waals surface area contributed by atoms with Crippen LogP contribution in [-0.4, -0.2) is 159 Å². The van der Waals surface area contributed by atoms with Crippen molar-refractivity contribution < 1.29 is 58.0 Å². The maximum atomic E-state index is 13.9.